The molecule has 0 aromatic heterocycles. The van der Waals surface area contributed by atoms with Gasteiger partial charge in [0.1, 0.15) is 13.2 Å². The zero-order chi connectivity index (χ0) is 17.1. The first-order valence-corrected chi connectivity index (χ1v) is 8.13. The van der Waals surface area contributed by atoms with Crippen LogP contribution in [0.3, 0.4) is 0 Å². The third kappa shape index (κ3) is 27.2. The van der Waals surface area contributed by atoms with Crippen LogP contribution in [0.2, 0.25) is 0 Å². The van der Waals surface area contributed by atoms with Gasteiger partial charge in [-0.15, -0.1) is 0 Å². The van der Waals surface area contributed by atoms with Crippen LogP contribution in [0.5, 0.6) is 0 Å². The van der Waals surface area contributed by atoms with Gasteiger partial charge in [0.25, 0.3) is 0 Å². The summed E-state index contributed by atoms with van der Waals surface area (Å²) in [6.45, 7) is 5.31. The van der Waals surface area contributed by atoms with Gasteiger partial charge in [0.15, 0.2) is 0 Å². The number of rotatable bonds is 14. The Morgan fingerprint density at radius 2 is 1.09 bits per heavy atom. The van der Waals surface area contributed by atoms with E-state index in [1.54, 1.807) is 0 Å². The smallest absolute Gasteiger partial charge is 0.329 e. The highest BCUT2D eigenvalue weighted by molar-refractivity contribution is 5.70. The second kappa shape index (κ2) is 19.9. The molecule has 0 spiro atoms. The van der Waals surface area contributed by atoms with E-state index in [4.69, 9.17) is 14.9 Å². The molecule has 0 saturated heterocycles. The van der Waals surface area contributed by atoms with Gasteiger partial charge in [-0.05, 0) is 12.8 Å². The van der Waals surface area contributed by atoms with Crippen molar-refractivity contribution in [3.8, 4) is 0 Å². The minimum atomic E-state index is -1.17. The fraction of sp³-hybridized carbons (Fsp3) is 0.875. The number of hydrogen-bond acceptors (Lipinski definition) is 4. The van der Waals surface area contributed by atoms with E-state index >= 15 is 0 Å². The largest absolute Gasteiger partial charge is 0.480 e. The van der Waals surface area contributed by atoms with Crippen molar-refractivity contribution >= 4 is 11.9 Å². The number of carboxylic acids is 2. The summed E-state index contributed by atoms with van der Waals surface area (Å²) in [6, 6.07) is 0. The molecule has 0 aliphatic heterocycles. The van der Waals surface area contributed by atoms with Gasteiger partial charge in [-0.2, -0.15) is 0 Å². The molecule has 2 N–H and O–H groups in total. The summed E-state index contributed by atoms with van der Waals surface area (Å²) in [5.41, 5.74) is 0. The van der Waals surface area contributed by atoms with Crippen molar-refractivity contribution in [2.45, 2.75) is 65.2 Å². The van der Waals surface area contributed by atoms with Crippen molar-refractivity contribution in [1.82, 2.24) is 0 Å². The van der Waals surface area contributed by atoms with Crippen LogP contribution < -0.4 is 0 Å². The van der Waals surface area contributed by atoms with Gasteiger partial charge >= 0.3 is 11.9 Å². The van der Waals surface area contributed by atoms with Crippen LogP contribution in [0, 0.1) is 0 Å². The van der Waals surface area contributed by atoms with Crippen molar-refractivity contribution in [3.63, 3.8) is 0 Å². The van der Waals surface area contributed by atoms with Gasteiger partial charge in [0.05, 0.1) is 0 Å². The molecular formula is C16H32O6. The van der Waals surface area contributed by atoms with Crippen LogP contribution in [0.15, 0.2) is 0 Å². The monoisotopic (exact) mass is 320 g/mol. The zero-order valence-corrected chi connectivity index (χ0v) is 14.0. The first-order valence-electron chi connectivity index (χ1n) is 8.13. The van der Waals surface area contributed by atoms with Crippen LogP contribution in [0.1, 0.15) is 65.2 Å². The molecule has 0 radical (unpaired) electrons. The molecule has 6 nitrogen and oxygen atoms in total. The molecule has 0 rings (SSSR count). The quantitative estimate of drug-likeness (QED) is 0.477. The Balaban J connectivity index is 0. The van der Waals surface area contributed by atoms with Crippen LogP contribution in [0.25, 0.3) is 0 Å². The Labute approximate surface area is 133 Å². The van der Waals surface area contributed by atoms with E-state index in [1.807, 2.05) is 0 Å². The van der Waals surface area contributed by atoms with E-state index < -0.39 is 25.2 Å². The van der Waals surface area contributed by atoms with Crippen molar-refractivity contribution in [2.75, 3.05) is 26.4 Å². The Kier molecular flexibility index (Phi) is 20.9. The Hall–Kier alpha value is -1.14. The number of aliphatic carboxylic acids is 2. The Morgan fingerprint density at radius 1 is 0.682 bits per heavy atom. The first kappa shape index (κ1) is 23.1. The van der Waals surface area contributed by atoms with E-state index in [-0.39, 0.29) is 0 Å². The summed E-state index contributed by atoms with van der Waals surface area (Å²) < 4.78 is 9.68. The summed E-state index contributed by atoms with van der Waals surface area (Å²) in [5, 5.41) is 15.8. The summed E-state index contributed by atoms with van der Waals surface area (Å²) in [6.07, 6.45) is 10.5. The average molecular weight is 320 g/mol. The number of carbonyl (C=O) groups is 2. The molecular weight excluding hydrogens is 288 g/mol. The normalized spacial score (nSPS) is 9.91. The molecule has 0 saturated carbocycles. The molecule has 0 fully saturated rings. The number of hydrogen-bond donors (Lipinski definition) is 2. The second-order valence-corrected chi connectivity index (χ2v) is 5.01. The predicted octanol–water partition coefficient (Wildman–Crippen LogP) is 3.34. The highest BCUT2D eigenvalue weighted by atomic mass is 16.5. The molecule has 0 amide bonds. The third-order valence-electron chi connectivity index (χ3n) is 2.74. The zero-order valence-electron chi connectivity index (χ0n) is 14.0. The molecule has 0 aromatic carbocycles. The van der Waals surface area contributed by atoms with Crippen LogP contribution in [-0.2, 0) is 19.1 Å². The summed E-state index contributed by atoms with van der Waals surface area (Å²) >= 11 is 0. The highest BCUT2D eigenvalue weighted by Gasteiger charge is 1.99. The van der Waals surface area contributed by atoms with Crippen molar-refractivity contribution in [2.24, 2.45) is 0 Å². The lowest BCUT2D eigenvalue weighted by Gasteiger charge is -2.03. The molecule has 0 bridgehead atoms. The van der Waals surface area contributed by atoms with Crippen molar-refractivity contribution in [3.05, 3.63) is 0 Å². The molecule has 0 aliphatic rings. The summed E-state index contributed by atoms with van der Waals surface area (Å²) in [7, 11) is 0. The first-order chi connectivity index (χ1) is 10.5. The fourth-order valence-electron chi connectivity index (χ4n) is 1.59. The van der Waals surface area contributed by atoms with Gasteiger partial charge in [-0.25, -0.2) is 9.59 Å². The van der Waals surface area contributed by atoms with E-state index in [9.17, 15) is 9.59 Å². The summed E-state index contributed by atoms with van der Waals surface area (Å²) in [4.78, 5) is 19.3. The molecule has 0 aromatic rings. The van der Waals surface area contributed by atoms with Gasteiger partial charge in [0.2, 0.25) is 0 Å². The predicted molar refractivity (Wildman–Crippen MR) is 85.2 cm³/mol. The molecule has 0 heterocycles. The lowest BCUT2D eigenvalue weighted by atomic mass is 10.2. The maximum Gasteiger partial charge on any atom is 0.329 e. The van der Waals surface area contributed by atoms with Gasteiger partial charge in [-0.3, -0.25) is 0 Å². The van der Waals surface area contributed by atoms with E-state index in [0.717, 1.165) is 13.2 Å². The minimum Gasteiger partial charge on any atom is -0.480 e. The standard InChI is InChI=1S/C12H26O.C4H6O5/c1-3-5-7-9-11-13-12-10-8-6-4-2;5-3(6)1-9-2-4(7)8/h3-12H2,1-2H3;1-2H2,(H,5,6)(H,7,8). The Bertz CT molecular complexity index is 231. The maximum atomic E-state index is 9.66. The van der Waals surface area contributed by atoms with Gasteiger partial charge < -0.3 is 19.7 Å². The molecule has 22 heavy (non-hydrogen) atoms. The topological polar surface area (TPSA) is 93.1 Å². The molecule has 0 unspecified atom stereocenters. The molecule has 132 valence electrons. The number of carboxylic acid groups (broad SMARTS) is 2. The molecule has 0 atom stereocenters. The van der Waals surface area contributed by atoms with Crippen LogP contribution in [-0.4, -0.2) is 48.6 Å². The van der Waals surface area contributed by atoms with E-state index in [2.05, 4.69) is 18.6 Å². The van der Waals surface area contributed by atoms with Crippen LogP contribution >= 0.6 is 0 Å². The fourth-order valence-corrected chi connectivity index (χ4v) is 1.59. The minimum absolute atomic E-state index is 0.563. The lowest BCUT2D eigenvalue weighted by molar-refractivity contribution is -0.148. The number of ether oxygens (including phenoxy) is 2. The lowest BCUT2D eigenvalue weighted by Crippen LogP contribution is -2.13. The molecule has 0 aliphatic carbocycles. The highest BCUT2D eigenvalue weighted by Crippen LogP contribution is 2.01. The Morgan fingerprint density at radius 3 is 1.41 bits per heavy atom. The number of unbranched alkanes of at least 4 members (excludes halogenated alkanes) is 6. The average Bonchev–Trinajstić information content (AvgIpc) is 2.45. The molecule has 6 heteroatoms. The maximum absolute atomic E-state index is 9.66. The van der Waals surface area contributed by atoms with Crippen molar-refractivity contribution in [1.29, 1.82) is 0 Å². The van der Waals surface area contributed by atoms with Crippen molar-refractivity contribution < 1.29 is 29.3 Å². The third-order valence-corrected chi connectivity index (χ3v) is 2.74. The van der Waals surface area contributed by atoms with E-state index in [0.29, 0.717) is 0 Å². The second-order valence-electron chi connectivity index (χ2n) is 5.01. The SMILES string of the molecule is CCCCCCOCCCCCC.O=C(O)COCC(=O)O. The van der Waals surface area contributed by atoms with Crippen LogP contribution in [0.4, 0.5) is 0 Å². The summed E-state index contributed by atoms with van der Waals surface area (Å²) in [5.74, 6) is -2.34. The van der Waals surface area contributed by atoms with E-state index in [1.165, 1.54) is 51.4 Å². The van der Waals surface area contributed by atoms with Gasteiger partial charge in [0, 0.05) is 13.2 Å². The van der Waals surface area contributed by atoms with Gasteiger partial charge in [-0.1, -0.05) is 52.4 Å².